The minimum absolute atomic E-state index is 0.0759. The van der Waals surface area contributed by atoms with Gasteiger partial charge in [0.15, 0.2) is 11.3 Å². The molecule has 1 saturated carbocycles. The number of nitrogens with one attached hydrogen (secondary N) is 1. The molecule has 0 bridgehead atoms. The number of nitrogens with two attached hydrogens (primary N) is 2. The molecule has 19 heteroatoms. The summed E-state index contributed by atoms with van der Waals surface area (Å²) in [5.41, 5.74) is 28.7. The molecule has 3 unspecified atom stereocenters. The number of unbranched alkanes of at least 4 members (excludes halogenated alkanes) is 1. The number of carboxylic acid groups (broad SMARTS) is 3. The van der Waals surface area contributed by atoms with E-state index in [1.165, 1.54) is 12.1 Å². The minimum Gasteiger partial charge on any atom is -0.497 e. The van der Waals surface area contributed by atoms with Crippen LogP contribution in [0.3, 0.4) is 0 Å². The number of carbonyl (C=O) groups is 3. The number of furan rings is 1. The molecule has 3 heterocycles. The van der Waals surface area contributed by atoms with Crippen LogP contribution in [0, 0.1) is 5.92 Å². The first-order valence-electron chi connectivity index (χ1n) is 35.1. The Kier molecular flexibility index (Phi) is 21.6. The van der Waals surface area contributed by atoms with Crippen molar-refractivity contribution in [1.82, 2.24) is 24.9 Å². The van der Waals surface area contributed by atoms with Crippen molar-refractivity contribution in [3.8, 4) is 62.1 Å². The molecule has 8 N–H and O–H groups in total. The fraction of sp³-hybridized carbons (Fsp3) is 0.274. The van der Waals surface area contributed by atoms with Gasteiger partial charge in [-0.3, -0.25) is 19.0 Å². The number of benzene rings is 9. The lowest BCUT2D eigenvalue weighted by atomic mass is 9.93. The quantitative estimate of drug-likeness (QED) is 0.0219. The summed E-state index contributed by atoms with van der Waals surface area (Å²) in [4.78, 5) is 36.4. The van der Waals surface area contributed by atoms with E-state index in [9.17, 15) is 29.7 Å². The SMILES string of the molecule is CCCCC(C(=O)O)c1ccccc1OCc1nn(C(C)Cc2ccc(-c3ccc4c(c3)c(COc3cccc(C(=O)O)c3)nn4C(C)CNCc3cccc(-c4cc(OCC5CC5)c5occ(COc6cc(OC)ccc6CC(=O)O)c5c4)c3)cc2CN)c2ccc(-c3cccc(CN)c3)cc12. The zero-order valence-electron chi connectivity index (χ0n) is 58.3. The van der Waals surface area contributed by atoms with Gasteiger partial charge in [0.1, 0.15) is 54.2 Å². The van der Waals surface area contributed by atoms with Crippen LogP contribution < -0.4 is 40.5 Å². The summed E-state index contributed by atoms with van der Waals surface area (Å²) < 4.78 is 41.4. The van der Waals surface area contributed by atoms with Crippen molar-refractivity contribution in [3.05, 3.63) is 244 Å². The van der Waals surface area contributed by atoms with Crippen LogP contribution in [-0.4, -0.2) is 73.0 Å². The number of nitrogens with zero attached hydrogens (tertiary/aromatic N) is 4. The van der Waals surface area contributed by atoms with E-state index >= 15 is 0 Å². The van der Waals surface area contributed by atoms with Crippen molar-refractivity contribution < 1.29 is 57.8 Å². The van der Waals surface area contributed by atoms with Crippen LogP contribution in [0.4, 0.5) is 0 Å². The Labute approximate surface area is 597 Å². The maximum atomic E-state index is 12.6. The summed E-state index contributed by atoms with van der Waals surface area (Å²) in [6, 6.07) is 58.6. The topological polar surface area (TPSA) is 271 Å². The Morgan fingerprint density at radius 1 is 0.583 bits per heavy atom. The van der Waals surface area contributed by atoms with Gasteiger partial charge in [0.05, 0.1) is 61.0 Å². The number of carboxylic acids is 3. The van der Waals surface area contributed by atoms with E-state index in [-0.39, 0.29) is 43.9 Å². The maximum absolute atomic E-state index is 12.6. The zero-order valence-corrected chi connectivity index (χ0v) is 58.3. The average Bonchev–Trinajstić information content (AvgIpc) is 1.66. The van der Waals surface area contributed by atoms with Gasteiger partial charge in [0, 0.05) is 65.1 Å². The lowest BCUT2D eigenvalue weighted by Crippen LogP contribution is -2.24. The minimum atomic E-state index is -1.05. The second kappa shape index (κ2) is 31.7. The number of aliphatic carboxylic acids is 2. The van der Waals surface area contributed by atoms with Crippen LogP contribution in [-0.2, 0) is 61.9 Å². The van der Waals surface area contributed by atoms with E-state index in [4.69, 9.17) is 49.8 Å². The molecule has 13 rings (SSSR count). The molecular weight excluding hydrogens is 1300 g/mol. The largest absolute Gasteiger partial charge is 0.497 e. The van der Waals surface area contributed by atoms with Gasteiger partial charge in [-0.25, -0.2) is 4.79 Å². The number of hydrogen-bond acceptors (Lipinski definition) is 14. The highest BCUT2D eigenvalue weighted by Gasteiger charge is 2.27. The third-order valence-corrected chi connectivity index (χ3v) is 19.4. The predicted octanol–water partition coefficient (Wildman–Crippen LogP) is 16.4. The summed E-state index contributed by atoms with van der Waals surface area (Å²) in [6.45, 7) is 9.05. The normalized spacial score (nSPS) is 13.1. The number of ether oxygens (including phenoxy) is 5. The second-order valence-corrected chi connectivity index (χ2v) is 26.8. The number of methoxy groups -OCH3 is 1. The molecule has 9 aromatic carbocycles. The Morgan fingerprint density at radius 2 is 1.23 bits per heavy atom. The van der Waals surface area contributed by atoms with E-state index in [0.29, 0.717) is 103 Å². The number of hydrogen-bond donors (Lipinski definition) is 6. The third-order valence-electron chi connectivity index (χ3n) is 19.4. The summed E-state index contributed by atoms with van der Waals surface area (Å²) >= 11 is 0. The highest BCUT2D eigenvalue weighted by molar-refractivity contribution is 5.92. The molecule has 1 aliphatic rings. The molecule has 3 aromatic heterocycles. The molecule has 12 aromatic rings. The summed E-state index contributed by atoms with van der Waals surface area (Å²) in [5.74, 6) is -0.545. The van der Waals surface area contributed by atoms with E-state index in [0.717, 1.165) is 120 Å². The van der Waals surface area contributed by atoms with Crippen molar-refractivity contribution in [3.63, 3.8) is 0 Å². The molecule has 0 saturated heterocycles. The van der Waals surface area contributed by atoms with Crippen molar-refractivity contribution >= 4 is 50.7 Å². The van der Waals surface area contributed by atoms with Gasteiger partial charge in [0.2, 0.25) is 0 Å². The fourth-order valence-electron chi connectivity index (χ4n) is 13.5. The van der Waals surface area contributed by atoms with E-state index in [1.807, 2.05) is 53.2 Å². The predicted molar refractivity (Wildman–Crippen MR) is 398 cm³/mol. The molecule has 0 spiro atoms. The lowest BCUT2D eigenvalue weighted by Gasteiger charge is -2.18. The van der Waals surface area contributed by atoms with Gasteiger partial charge in [-0.15, -0.1) is 0 Å². The number of aromatic nitrogens is 4. The molecule has 1 aliphatic carbocycles. The van der Waals surface area contributed by atoms with Crippen LogP contribution in [0.2, 0.25) is 0 Å². The molecule has 528 valence electrons. The van der Waals surface area contributed by atoms with Gasteiger partial charge in [-0.05, 0) is 186 Å². The molecule has 0 radical (unpaired) electrons. The fourth-order valence-corrected chi connectivity index (χ4v) is 13.5. The van der Waals surface area contributed by atoms with E-state index < -0.39 is 23.8 Å². The lowest BCUT2D eigenvalue weighted by molar-refractivity contribution is -0.139. The molecule has 0 amide bonds. The summed E-state index contributed by atoms with van der Waals surface area (Å²) in [7, 11) is 1.55. The molecule has 1 fully saturated rings. The summed E-state index contributed by atoms with van der Waals surface area (Å²) in [5, 5.41) is 46.7. The monoisotopic (exact) mass is 1380 g/mol. The number of fused-ring (bicyclic) bond motifs is 3. The standard InChI is InChI=1S/C84H85N7O12/c1-5-6-18-70(84(96)97)69-19-7-8-20-78(69)102-50-75-73-36-60(56-14-9-12-54(32-56)42-85)26-29-76(73)90(88-75)51(2)31-58-23-24-59(34-65(58)43-86)61-27-30-77-72(37-61)74(49-99-68-17-11-16-63(35-68)83(94)95)89-91(77)52(3)44-87-45-55-13-10-15-57(33-55)64-38-71-66(48-103-82(71)80(39-64)100-46-53-21-22-53)47-101-79-41-67(98-4)28-25-62(79)40-81(92)93/h7-17,19-20,23-30,32-39,41,48,51-53,70,87H,5-6,18,21-22,31,40,42-47,49-50,85-86H2,1-4H3,(H,92,93)(H,94,95)(H,96,97). The van der Waals surface area contributed by atoms with Crippen LogP contribution in [0.1, 0.15) is 132 Å². The maximum Gasteiger partial charge on any atom is 0.335 e. The number of para-hydroxylation sites is 1. The zero-order chi connectivity index (χ0) is 71.7. The Morgan fingerprint density at radius 3 is 1.93 bits per heavy atom. The smallest absolute Gasteiger partial charge is 0.335 e. The summed E-state index contributed by atoms with van der Waals surface area (Å²) in [6.07, 6.45) is 6.50. The number of aromatic carboxylic acids is 1. The first kappa shape index (κ1) is 70.2. The first-order chi connectivity index (χ1) is 50.1. The van der Waals surface area contributed by atoms with Crippen molar-refractivity contribution in [1.29, 1.82) is 0 Å². The van der Waals surface area contributed by atoms with Crippen LogP contribution in [0.5, 0.6) is 28.7 Å². The highest BCUT2D eigenvalue weighted by atomic mass is 16.5. The van der Waals surface area contributed by atoms with E-state index in [1.54, 1.807) is 43.7 Å². The Balaban J connectivity index is 0.748. The Bertz CT molecular complexity index is 5070. The average molecular weight is 1380 g/mol. The van der Waals surface area contributed by atoms with Gasteiger partial charge < -0.3 is 60.2 Å². The van der Waals surface area contributed by atoms with Crippen LogP contribution in [0.25, 0.3) is 66.2 Å². The van der Waals surface area contributed by atoms with Gasteiger partial charge in [-0.1, -0.05) is 111 Å². The third kappa shape index (κ3) is 16.2. The van der Waals surface area contributed by atoms with Gasteiger partial charge in [0.25, 0.3) is 0 Å². The molecule has 103 heavy (non-hydrogen) atoms. The first-order valence-corrected chi connectivity index (χ1v) is 35.1. The second-order valence-electron chi connectivity index (χ2n) is 26.8. The van der Waals surface area contributed by atoms with Crippen LogP contribution in [0.15, 0.2) is 193 Å². The van der Waals surface area contributed by atoms with Crippen molar-refractivity contribution in [2.75, 3.05) is 20.3 Å². The van der Waals surface area contributed by atoms with Crippen LogP contribution >= 0.6 is 0 Å². The van der Waals surface area contributed by atoms with Gasteiger partial charge in [-0.2, -0.15) is 10.2 Å². The molecule has 0 aliphatic heterocycles. The molecule has 19 nitrogen and oxygen atoms in total. The van der Waals surface area contributed by atoms with Crippen molar-refractivity contribution in [2.24, 2.45) is 17.4 Å². The van der Waals surface area contributed by atoms with Crippen molar-refractivity contribution in [2.45, 2.75) is 123 Å². The highest BCUT2D eigenvalue weighted by Crippen LogP contribution is 2.41. The Hall–Kier alpha value is -11.3. The van der Waals surface area contributed by atoms with E-state index in [2.05, 4.69) is 122 Å². The molecule has 3 atom stereocenters. The number of rotatable bonds is 34. The van der Waals surface area contributed by atoms with Gasteiger partial charge >= 0.3 is 17.9 Å². The molecular formula is C84H85N7O12.